The topological polar surface area (TPSA) is 58.1 Å². The molecule has 26 heavy (non-hydrogen) atoms. The largest absolute Gasteiger partial charge is 0.356 e. The number of nitrogens with one attached hydrogen (secondary N) is 1. The number of benzene rings is 1. The van der Waals surface area contributed by atoms with E-state index in [1.807, 2.05) is 24.3 Å². The van der Waals surface area contributed by atoms with Gasteiger partial charge in [0.05, 0.1) is 11.6 Å². The SMILES string of the molecule is CCCCNC(=O)C1CCCN(c2ccc(-c3cccc(C)c3)nn2)C1. The number of carbonyl (C=O) groups is 1. The number of anilines is 1. The van der Waals surface area contributed by atoms with E-state index in [0.717, 1.165) is 62.4 Å². The Labute approximate surface area is 155 Å². The van der Waals surface area contributed by atoms with Crippen molar-refractivity contribution in [3.8, 4) is 11.3 Å². The molecule has 1 N–H and O–H groups in total. The molecule has 5 nitrogen and oxygen atoms in total. The van der Waals surface area contributed by atoms with Crippen molar-refractivity contribution in [2.75, 3.05) is 24.5 Å². The van der Waals surface area contributed by atoms with Gasteiger partial charge in [-0.05, 0) is 44.4 Å². The molecule has 0 spiro atoms. The Hall–Kier alpha value is -2.43. The van der Waals surface area contributed by atoms with Gasteiger partial charge in [-0.15, -0.1) is 10.2 Å². The zero-order valence-corrected chi connectivity index (χ0v) is 15.7. The normalized spacial score (nSPS) is 17.2. The maximum absolute atomic E-state index is 12.3. The summed E-state index contributed by atoms with van der Waals surface area (Å²) in [6.45, 7) is 6.63. The highest BCUT2D eigenvalue weighted by atomic mass is 16.1. The van der Waals surface area contributed by atoms with Gasteiger partial charge < -0.3 is 10.2 Å². The first-order valence-corrected chi connectivity index (χ1v) is 9.61. The molecule has 0 radical (unpaired) electrons. The van der Waals surface area contributed by atoms with Gasteiger partial charge in [0.25, 0.3) is 0 Å². The van der Waals surface area contributed by atoms with Crippen LogP contribution in [0.1, 0.15) is 38.2 Å². The van der Waals surface area contributed by atoms with E-state index in [0.29, 0.717) is 0 Å². The zero-order valence-electron chi connectivity index (χ0n) is 15.7. The van der Waals surface area contributed by atoms with Crippen LogP contribution in [0, 0.1) is 12.8 Å². The number of aryl methyl sites for hydroxylation is 1. The monoisotopic (exact) mass is 352 g/mol. The molecule has 1 unspecified atom stereocenters. The van der Waals surface area contributed by atoms with Gasteiger partial charge in [0.2, 0.25) is 5.91 Å². The third-order valence-corrected chi connectivity index (χ3v) is 4.91. The average molecular weight is 352 g/mol. The molecule has 0 aliphatic carbocycles. The fourth-order valence-corrected chi connectivity index (χ4v) is 3.38. The number of aromatic nitrogens is 2. The van der Waals surface area contributed by atoms with Crippen LogP contribution >= 0.6 is 0 Å². The lowest BCUT2D eigenvalue weighted by Gasteiger charge is -2.32. The molecule has 1 atom stereocenters. The molecule has 3 rings (SSSR count). The molecular weight excluding hydrogens is 324 g/mol. The van der Waals surface area contributed by atoms with E-state index >= 15 is 0 Å². The number of piperidine rings is 1. The Kier molecular flexibility index (Phi) is 6.21. The van der Waals surface area contributed by atoms with Crippen molar-refractivity contribution in [3.05, 3.63) is 42.0 Å². The van der Waals surface area contributed by atoms with E-state index in [1.54, 1.807) is 0 Å². The second-order valence-electron chi connectivity index (χ2n) is 7.08. The van der Waals surface area contributed by atoms with E-state index in [4.69, 9.17) is 0 Å². The molecule has 1 fully saturated rings. The van der Waals surface area contributed by atoms with Crippen LogP contribution in [0.5, 0.6) is 0 Å². The summed E-state index contributed by atoms with van der Waals surface area (Å²) in [4.78, 5) is 14.5. The number of hydrogen-bond donors (Lipinski definition) is 1. The Balaban J connectivity index is 1.64. The van der Waals surface area contributed by atoms with Crippen LogP contribution < -0.4 is 10.2 Å². The van der Waals surface area contributed by atoms with Crippen molar-refractivity contribution in [2.24, 2.45) is 5.92 Å². The lowest BCUT2D eigenvalue weighted by Crippen LogP contribution is -2.43. The third kappa shape index (κ3) is 4.59. The Bertz CT molecular complexity index is 729. The Morgan fingerprint density at radius 1 is 1.27 bits per heavy atom. The fourth-order valence-electron chi connectivity index (χ4n) is 3.38. The van der Waals surface area contributed by atoms with E-state index in [9.17, 15) is 4.79 Å². The molecule has 1 aliphatic heterocycles. The first-order chi connectivity index (χ1) is 12.7. The second-order valence-corrected chi connectivity index (χ2v) is 7.08. The standard InChI is InChI=1S/C21H28N4O/c1-3-4-12-22-21(26)18-9-6-13-25(15-18)20-11-10-19(23-24-20)17-8-5-7-16(2)14-17/h5,7-8,10-11,14,18H,3-4,6,9,12-13,15H2,1-2H3,(H,22,26). The second kappa shape index (κ2) is 8.79. The fraction of sp³-hybridized carbons (Fsp3) is 0.476. The van der Waals surface area contributed by atoms with Crippen LogP contribution in [-0.4, -0.2) is 35.7 Å². The van der Waals surface area contributed by atoms with Gasteiger partial charge >= 0.3 is 0 Å². The van der Waals surface area contributed by atoms with Crippen LogP contribution in [0.3, 0.4) is 0 Å². The van der Waals surface area contributed by atoms with Crippen LogP contribution in [-0.2, 0) is 4.79 Å². The minimum Gasteiger partial charge on any atom is -0.356 e. The molecule has 5 heteroatoms. The van der Waals surface area contributed by atoms with Crippen LogP contribution in [0.25, 0.3) is 11.3 Å². The maximum atomic E-state index is 12.3. The Morgan fingerprint density at radius 3 is 2.88 bits per heavy atom. The van der Waals surface area contributed by atoms with Crippen molar-refractivity contribution in [2.45, 2.75) is 39.5 Å². The van der Waals surface area contributed by atoms with Gasteiger partial charge in [-0.25, -0.2) is 0 Å². The zero-order chi connectivity index (χ0) is 18.4. The van der Waals surface area contributed by atoms with Gasteiger partial charge in [0.15, 0.2) is 5.82 Å². The Morgan fingerprint density at radius 2 is 2.15 bits per heavy atom. The number of hydrogen-bond acceptors (Lipinski definition) is 4. The van der Waals surface area contributed by atoms with Crippen molar-refractivity contribution in [1.82, 2.24) is 15.5 Å². The minimum atomic E-state index is 0.0406. The number of nitrogens with zero attached hydrogens (tertiary/aromatic N) is 3. The summed E-state index contributed by atoms with van der Waals surface area (Å²) in [7, 11) is 0. The predicted octanol–water partition coefficient (Wildman–Crippen LogP) is 3.58. The van der Waals surface area contributed by atoms with Crippen LogP contribution in [0.2, 0.25) is 0 Å². The van der Waals surface area contributed by atoms with Crippen molar-refractivity contribution >= 4 is 11.7 Å². The van der Waals surface area contributed by atoms with E-state index < -0.39 is 0 Å². The van der Waals surface area contributed by atoms with Gasteiger partial charge in [0, 0.05) is 25.2 Å². The number of carbonyl (C=O) groups excluding carboxylic acids is 1. The molecule has 0 bridgehead atoms. The number of amides is 1. The highest BCUT2D eigenvalue weighted by Gasteiger charge is 2.26. The summed E-state index contributed by atoms with van der Waals surface area (Å²) in [5, 5.41) is 11.9. The minimum absolute atomic E-state index is 0.0406. The summed E-state index contributed by atoms with van der Waals surface area (Å²) < 4.78 is 0. The van der Waals surface area contributed by atoms with E-state index in [1.165, 1.54) is 5.56 Å². The van der Waals surface area contributed by atoms with Crippen LogP contribution in [0.15, 0.2) is 36.4 Å². The molecule has 2 heterocycles. The molecule has 1 amide bonds. The van der Waals surface area contributed by atoms with E-state index in [-0.39, 0.29) is 11.8 Å². The summed E-state index contributed by atoms with van der Waals surface area (Å²) in [6, 6.07) is 12.3. The molecule has 1 saturated heterocycles. The predicted molar refractivity (Wildman–Crippen MR) is 105 cm³/mol. The maximum Gasteiger partial charge on any atom is 0.224 e. The summed E-state index contributed by atoms with van der Waals surface area (Å²) in [5.41, 5.74) is 3.17. The smallest absolute Gasteiger partial charge is 0.224 e. The van der Waals surface area contributed by atoms with Crippen molar-refractivity contribution in [1.29, 1.82) is 0 Å². The van der Waals surface area contributed by atoms with Crippen molar-refractivity contribution in [3.63, 3.8) is 0 Å². The molecular formula is C21H28N4O. The number of unbranched alkanes of at least 4 members (excludes halogenated alkanes) is 1. The molecule has 1 aromatic carbocycles. The first-order valence-electron chi connectivity index (χ1n) is 9.61. The number of rotatable bonds is 6. The van der Waals surface area contributed by atoms with Crippen LogP contribution in [0.4, 0.5) is 5.82 Å². The van der Waals surface area contributed by atoms with Gasteiger partial charge in [-0.2, -0.15) is 0 Å². The quantitative estimate of drug-likeness (QED) is 0.807. The van der Waals surface area contributed by atoms with E-state index in [2.05, 4.69) is 46.4 Å². The summed E-state index contributed by atoms with van der Waals surface area (Å²) >= 11 is 0. The molecule has 1 aromatic heterocycles. The lowest BCUT2D eigenvalue weighted by atomic mass is 9.97. The summed E-state index contributed by atoms with van der Waals surface area (Å²) in [5.74, 6) is 1.07. The third-order valence-electron chi connectivity index (χ3n) is 4.91. The van der Waals surface area contributed by atoms with Crippen molar-refractivity contribution < 1.29 is 4.79 Å². The highest BCUT2D eigenvalue weighted by Crippen LogP contribution is 2.23. The molecule has 138 valence electrons. The average Bonchev–Trinajstić information content (AvgIpc) is 2.68. The molecule has 2 aromatic rings. The lowest BCUT2D eigenvalue weighted by molar-refractivity contribution is -0.125. The summed E-state index contributed by atoms with van der Waals surface area (Å²) in [6.07, 6.45) is 4.09. The molecule has 1 aliphatic rings. The highest BCUT2D eigenvalue weighted by molar-refractivity contribution is 5.79. The van der Waals surface area contributed by atoms with Gasteiger partial charge in [-0.1, -0.05) is 37.1 Å². The van der Waals surface area contributed by atoms with Gasteiger partial charge in [0.1, 0.15) is 0 Å². The first kappa shape index (κ1) is 18.4. The van der Waals surface area contributed by atoms with Gasteiger partial charge in [-0.3, -0.25) is 4.79 Å². The molecule has 0 saturated carbocycles.